The molecule has 1 aromatic carbocycles. The van der Waals surface area contributed by atoms with Gasteiger partial charge >= 0.3 is 0 Å². The van der Waals surface area contributed by atoms with Crippen molar-refractivity contribution in [2.24, 2.45) is 5.92 Å². The third-order valence-corrected chi connectivity index (χ3v) is 5.69. The van der Waals surface area contributed by atoms with Crippen LogP contribution in [0.4, 0.5) is 24.7 Å². The Kier molecular flexibility index (Phi) is 5.74. The van der Waals surface area contributed by atoms with Gasteiger partial charge in [0.1, 0.15) is 29.9 Å². The molecule has 0 bridgehead atoms. The minimum Gasteiger partial charge on any atom is -0.491 e. The van der Waals surface area contributed by atoms with E-state index in [2.05, 4.69) is 15.3 Å². The second-order valence-electron chi connectivity index (χ2n) is 7.97. The van der Waals surface area contributed by atoms with Crippen LogP contribution < -0.4 is 15.0 Å². The van der Waals surface area contributed by atoms with E-state index >= 15 is 0 Å². The summed E-state index contributed by atoms with van der Waals surface area (Å²) in [6, 6.07) is 1.29. The van der Waals surface area contributed by atoms with Crippen molar-refractivity contribution < 1.29 is 27.4 Å². The Balaban J connectivity index is 1.37. The van der Waals surface area contributed by atoms with Gasteiger partial charge in [-0.25, -0.2) is 23.1 Å². The van der Waals surface area contributed by atoms with Gasteiger partial charge in [-0.3, -0.25) is 4.79 Å². The molecule has 166 valence electrons. The molecule has 7 nitrogen and oxygen atoms in total. The van der Waals surface area contributed by atoms with Crippen LogP contribution in [0.1, 0.15) is 24.9 Å². The predicted molar refractivity (Wildman–Crippen MR) is 107 cm³/mol. The van der Waals surface area contributed by atoms with Gasteiger partial charge in [0.25, 0.3) is 0 Å². The largest absolute Gasteiger partial charge is 0.491 e. The van der Waals surface area contributed by atoms with Crippen LogP contribution in [0.25, 0.3) is 0 Å². The van der Waals surface area contributed by atoms with E-state index < -0.39 is 17.5 Å². The Labute approximate surface area is 177 Å². The van der Waals surface area contributed by atoms with Gasteiger partial charge in [-0.1, -0.05) is 0 Å². The molecule has 2 aromatic rings. The molecule has 0 aliphatic carbocycles. The number of hydrogen-bond acceptors (Lipinski definition) is 6. The fourth-order valence-corrected chi connectivity index (χ4v) is 3.80. The van der Waals surface area contributed by atoms with Crippen molar-refractivity contribution in [2.45, 2.75) is 38.8 Å². The number of aromatic nitrogens is 2. The van der Waals surface area contributed by atoms with E-state index in [4.69, 9.17) is 9.47 Å². The molecular formula is C21H23F3N4O3. The lowest BCUT2D eigenvalue weighted by Gasteiger charge is -2.32. The zero-order valence-electron chi connectivity index (χ0n) is 17.4. The number of anilines is 2. The number of hydrogen-bond donors (Lipinski definition) is 1. The summed E-state index contributed by atoms with van der Waals surface area (Å²) in [5, 5.41) is 2.86. The number of amides is 1. The van der Waals surface area contributed by atoms with Gasteiger partial charge in [0.15, 0.2) is 23.3 Å². The van der Waals surface area contributed by atoms with Gasteiger partial charge in [0.2, 0.25) is 5.91 Å². The highest BCUT2D eigenvalue weighted by Crippen LogP contribution is 2.32. The number of likely N-dealkylation sites (N-methyl/N-ethyl adjacent to an activating group) is 1. The number of benzene rings is 1. The molecule has 0 radical (unpaired) electrons. The molecule has 3 atom stereocenters. The summed E-state index contributed by atoms with van der Waals surface area (Å²) in [7, 11) is 1.83. The molecule has 0 spiro atoms. The van der Waals surface area contributed by atoms with E-state index in [1.54, 1.807) is 0 Å². The normalized spacial score (nSPS) is 23.0. The van der Waals surface area contributed by atoms with E-state index in [1.165, 1.54) is 0 Å². The van der Waals surface area contributed by atoms with E-state index in [1.807, 2.05) is 25.8 Å². The van der Waals surface area contributed by atoms with Crippen LogP contribution in [-0.2, 0) is 16.0 Å². The lowest BCUT2D eigenvalue weighted by molar-refractivity contribution is -0.117. The summed E-state index contributed by atoms with van der Waals surface area (Å²) >= 11 is 0. The number of carbonyl (C=O) groups excluding carboxylic acids is 1. The van der Waals surface area contributed by atoms with Gasteiger partial charge in [-0.05, 0) is 26.2 Å². The van der Waals surface area contributed by atoms with Crippen molar-refractivity contribution in [1.29, 1.82) is 0 Å². The summed E-state index contributed by atoms with van der Waals surface area (Å²) in [6.07, 6.45) is 0.983. The van der Waals surface area contributed by atoms with Crippen LogP contribution in [0, 0.1) is 30.3 Å². The Morgan fingerprint density at radius 2 is 1.97 bits per heavy atom. The molecule has 31 heavy (non-hydrogen) atoms. The highest BCUT2D eigenvalue weighted by molar-refractivity contribution is 6.02. The van der Waals surface area contributed by atoms with Gasteiger partial charge in [-0.15, -0.1) is 0 Å². The first-order chi connectivity index (χ1) is 14.7. The van der Waals surface area contributed by atoms with Gasteiger partial charge < -0.3 is 19.7 Å². The third kappa shape index (κ3) is 4.30. The van der Waals surface area contributed by atoms with Crippen molar-refractivity contribution in [2.75, 3.05) is 30.5 Å². The minimum atomic E-state index is -1.52. The van der Waals surface area contributed by atoms with E-state index in [0.717, 1.165) is 12.1 Å². The average Bonchev–Trinajstić information content (AvgIpc) is 3.17. The number of nitrogens with one attached hydrogen (secondary N) is 1. The summed E-state index contributed by atoms with van der Waals surface area (Å²) in [4.78, 5) is 23.0. The molecule has 0 saturated carbocycles. The fraction of sp³-hybridized carbons (Fsp3) is 0.476. The van der Waals surface area contributed by atoms with Crippen molar-refractivity contribution >= 4 is 17.4 Å². The summed E-state index contributed by atoms with van der Waals surface area (Å²) in [5.41, 5.74) is 1.33. The first-order valence-electron chi connectivity index (χ1n) is 10.0. The van der Waals surface area contributed by atoms with Crippen LogP contribution in [0.3, 0.4) is 0 Å². The number of carbonyl (C=O) groups is 1. The standard InChI is InChI=1S/C21H23F3N4O3/c1-10-19-20(28(3)11(2)21(29)27-19)26-17(25-10)5-12-4-14(30-8-12)9-31-13-6-15(22)18(24)16(23)7-13/h6-7,11-12,14H,4-5,8-9H2,1-3H3,(H,27,29)/t11-,12-,14+/m0/s1. The maximum absolute atomic E-state index is 13.3. The lowest BCUT2D eigenvalue weighted by Crippen LogP contribution is -2.45. The van der Waals surface area contributed by atoms with Crippen LogP contribution in [-0.4, -0.2) is 48.3 Å². The molecule has 1 aromatic heterocycles. The summed E-state index contributed by atoms with van der Waals surface area (Å²) < 4.78 is 50.8. The molecular weight excluding hydrogens is 413 g/mol. The second-order valence-corrected chi connectivity index (χ2v) is 7.97. The Morgan fingerprint density at radius 1 is 1.26 bits per heavy atom. The maximum atomic E-state index is 13.3. The molecule has 3 heterocycles. The predicted octanol–water partition coefficient (Wildman–Crippen LogP) is 3.01. The van der Waals surface area contributed by atoms with E-state index in [9.17, 15) is 18.0 Å². The summed E-state index contributed by atoms with van der Waals surface area (Å²) in [5.74, 6) is -2.80. The van der Waals surface area contributed by atoms with Crippen LogP contribution >= 0.6 is 0 Å². The van der Waals surface area contributed by atoms with Crippen LogP contribution in [0.5, 0.6) is 5.75 Å². The number of nitrogens with zero attached hydrogens (tertiary/aromatic N) is 3. The van der Waals surface area contributed by atoms with Crippen LogP contribution in [0.2, 0.25) is 0 Å². The molecule has 0 unspecified atom stereocenters. The number of ether oxygens (including phenoxy) is 2. The second kappa shape index (κ2) is 8.33. The van der Waals surface area contributed by atoms with Crippen molar-refractivity contribution in [1.82, 2.24) is 9.97 Å². The van der Waals surface area contributed by atoms with E-state index in [0.29, 0.717) is 42.5 Å². The molecule has 2 aliphatic rings. The Morgan fingerprint density at radius 3 is 2.68 bits per heavy atom. The Bertz CT molecular complexity index is 997. The first-order valence-corrected chi connectivity index (χ1v) is 10.0. The number of aryl methyl sites for hydroxylation is 1. The summed E-state index contributed by atoms with van der Waals surface area (Å²) in [6.45, 7) is 4.21. The highest BCUT2D eigenvalue weighted by Gasteiger charge is 2.32. The van der Waals surface area contributed by atoms with Crippen molar-refractivity contribution in [3.63, 3.8) is 0 Å². The topological polar surface area (TPSA) is 76.6 Å². The monoisotopic (exact) mass is 436 g/mol. The smallest absolute Gasteiger partial charge is 0.246 e. The van der Waals surface area contributed by atoms with E-state index in [-0.39, 0.29) is 36.3 Å². The minimum absolute atomic E-state index is 0.0868. The van der Waals surface area contributed by atoms with Gasteiger partial charge in [0, 0.05) is 25.6 Å². The zero-order chi connectivity index (χ0) is 22.3. The van der Waals surface area contributed by atoms with Gasteiger partial charge in [-0.2, -0.15) is 0 Å². The first kappa shape index (κ1) is 21.4. The molecule has 1 amide bonds. The number of fused-ring (bicyclic) bond motifs is 1. The van der Waals surface area contributed by atoms with Crippen molar-refractivity contribution in [3.8, 4) is 5.75 Å². The molecule has 10 heteroatoms. The molecule has 1 saturated heterocycles. The van der Waals surface area contributed by atoms with Gasteiger partial charge in [0.05, 0.1) is 18.4 Å². The number of halogens is 3. The maximum Gasteiger partial charge on any atom is 0.246 e. The van der Waals surface area contributed by atoms with Crippen molar-refractivity contribution in [3.05, 3.63) is 41.1 Å². The zero-order valence-corrected chi connectivity index (χ0v) is 17.4. The molecule has 4 rings (SSSR count). The quantitative estimate of drug-likeness (QED) is 0.727. The molecule has 1 N–H and O–H groups in total. The SMILES string of the molecule is Cc1nc(C[C@H]2CO[C@@H](COc3cc(F)c(F)c(F)c3)C2)nc2c1NC(=O)[C@H](C)N2C. The highest BCUT2D eigenvalue weighted by atomic mass is 19.2. The Hall–Kier alpha value is -2.88. The molecule has 2 aliphatic heterocycles. The fourth-order valence-electron chi connectivity index (χ4n) is 3.80. The molecule has 1 fully saturated rings. The third-order valence-electron chi connectivity index (χ3n) is 5.69. The number of rotatable bonds is 5. The average molecular weight is 436 g/mol. The lowest BCUT2D eigenvalue weighted by atomic mass is 10.0. The van der Waals surface area contributed by atoms with Crippen LogP contribution in [0.15, 0.2) is 12.1 Å².